The molecule has 20 heavy (non-hydrogen) atoms. The standard InChI is InChI=1S/C6H5.C3H6.2H3O3PS.Zn/c1-2-4-6-5-3-1;1-3-2;2*1-4(2,3)5;/h1-5H;3H,1H2,2H3;2*(H3,1,2,3,5);. The quantitative estimate of drug-likeness (QED) is 0.206. The van der Waals surface area contributed by atoms with Gasteiger partial charge in [-0.2, -0.15) is 0 Å². The monoisotopic (exact) mass is 411 g/mol. The number of benzene rings is 1. The first-order valence-electron chi connectivity index (χ1n) is 4.81. The molecular formula is C9H17O6P2S2Zn. The van der Waals surface area contributed by atoms with Crippen molar-refractivity contribution in [3.63, 3.8) is 0 Å². The van der Waals surface area contributed by atoms with Crippen LogP contribution in [0.3, 0.4) is 0 Å². The second-order valence-electron chi connectivity index (χ2n) is 2.92. The van der Waals surface area contributed by atoms with Crippen LogP contribution in [0.25, 0.3) is 0 Å². The Morgan fingerprint density at radius 2 is 1.15 bits per heavy atom. The van der Waals surface area contributed by atoms with E-state index in [4.69, 9.17) is 29.4 Å². The van der Waals surface area contributed by atoms with E-state index in [1.807, 2.05) is 13.0 Å². The molecule has 0 heterocycles. The summed E-state index contributed by atoms with van der Waals surface area (Å²) in [5, 5.41) is 0. The Kier molecular flexibility index (Phi) is 18.6. The first kappa shape index (κ1) is 25.6. The first-order valence-corrected chi connectivity index (χ1v) is 11.6. The van der Waals surface area contributed by atoms with Crippen molar-refractivity contribution in [1.29, 1.82) is 0 Å². The molecule has 0 bridgehead atoms. The maximum absolute atomic E-state index is 7.56. The maximum atomic E-state index is 7.56. The van der Waals surface area contributed by atoms with Crippen LogP contribution >= 0.6 is 13.4 Å². The van der Waals surface area contributed by atoms with Gasteiger partial charge < -0.3 is 29.4 Å². The van der Waals surface area contributed by atoms with Crippen LogP contribution in [0.1, 0.15) is 6.92 Å². The van der Waals surface area contributed by atoms with Crippen LogP contribution in [0.15, 0.2) is 43.0 Å². The van der Waals surface area contributed by atoms with Gasteiger partial charge in [-0.3, -0.25) is 0 Å². The van der Waals surface area contributed by atoms with Crippen LogP contribution in [-0.2, 0) is 41.9 Å². The molecule has 1 rings (SSSR count). The third kappa shape index (κ3) is 77.7. The number of allylic oxidation sites excluding steroid dienone is 1. The molecule has 6 nitrogen and oxygen atoms in total. The van der Waals surface area contributed by atoms with E-state index in [-0.39, 0.29) is 0 Å². The molecule has 0 aromatic heterocycles. The molecule has 1 aromatic carbocycles. The second kappa shape index (κ2) is 14.6. The van der Waals surface area contributed by atoms with Gasteiger partial charge in [0.1, 0.15) is 0 Å². The Bertz CT molecular complexity index is 397. The van der Waals surface area contributed by atoms with E-state index in [1.165, 1.54) is 22.5 Å². The molecule has 6 N–H and O–H groups in total. The zero-order valence-electron chi connectivity index (χ0n) is 10.8. The average Bonchev–Trinajstić information content (AvgIpc) is 2.14. The summed E-state index contributed by atoms with van der Waals surface area (Å²) in [6, 6.07) is 10.5. The molecule has 0 atom stereocenters. The second-order valence-corrected chi connectivity index (χ2v) is 9.63. The van der Waals surface area contributed by atoms with Gasteiger partial charge in [0.15, 0.2) is 0 Å². The van der Waals surface area contributed by atoms with Crippen molar-refractivity contribution in [3.05, 3.63) is 43.0 Å². The van der Waals surface area contributed by atoms with E-state index in [1.54, 1.807) is 6.08 Å². The molecule has 11 heteroatoms. The fourth-order valence-electron chi connectivity index (χ4n) is 0.478. The van der Waals surface area contributed by atoms with Gasteiger partial charge in [-0.05, 0) is 30.5 Å². The fourth-order valence-corrected chi connectivity index (χ4v) is 1.05. The van der Waals surface area contributed by atoms with Crippen LogP contribution in [-0.4, -0.2) is 29.4 Å². The molecule has 0 unspecified atom stereocenters. The molecule has 0 aliphatic rings. The van der Waals surface area contributed by atoms with Gasteiger partial charge in [0.2, 0.25) is 0 Å². The molecule has 0 saturated carbocycles. The van der Waals surface area contributed by atoms with Gasteiger partial charge in [-0.25, -0.2) is 0 Å². The Balaban J connectivity index is -0.000000202. The third-order valence-corrected chi connectivity index (χ3v) is 1.83. The topological polar surface area (TPSA) is 121 Å². The van der Waals surface area contributed by atoms with E-state index in [0.29, 0.717) is 0 Å². The Labute approximate surface area is 138 Å². The summed E-state index contributed by atoms with van der Waals surface area (Å²) in [5.41, 5.74) is 0. The predicted molar refractivity (Wildman–Crippen MR) is 83.8 cm³/mol. The Morgan fingerprint density at radius 1 is 0.950 bits per heavy atom. The van der Waals surface area contributed by atoms with Gasteiger partial charge in [-0.15, -0.1) is 6.58 Å². The van der Waals surface area contributed by atoms with Crippen molar-refractivity contribution in [3.8, 4) is 0 Å². The molecule has 1 aromatic rings. The Morgan fingerprint density at radius 3 is 1.25 bits per heavy atom. The third-order valence-electron chi connectivity index (χ3n) is 0.843. The van der Waals surface area contributed by atoms with Crippen LogP contribution in [0.5, 0.6) is 0 Å². The Hall–Kier alpha value is 0.643. The van der Waals surface area contributed by atoms with Gasteiger partial charge in [-0.1, -0.05) is 6.08 Å². The van der Waals surface area contributed by atoms with Crippen molar-refractivity contribution in [2.24, 2.45) is 0 Å². The molecular weight excluding hydrogens is 396 g/mol. The van der Waals surface area contributed by atoms with E-state index in [0.717, 1.165) is 0 Å². The molecule has 0 saturated heterocycles. The van der Waals surface area contributed by atoms with Crippen molar-refractivity contribution >= 4 is 41.2 Å². The summed E-state index contributed by atoms with van der Waals surface area (Å²) in [5.74, 6) is 0. The molecule has 0 amide bonds. The summed E-state index contributed by atoms with van der Waals surface area (Å²) in [4.78, 5) is 45.3. The van der Waals surface area contributed by atoms with E-state index < -0.39 is 13.4 Å². The molecule has 0 aliphatic heterocycles. The molecule has 0 aliphatic carbocycles. The van der Waals surface area contributed by atoms with Crippen LogP contribution in [0.4, 0.5) is 0 Å². The SMILES string of the molecule is C=CC.OP(O)(O)=S.OP(O)(O)=S.[Zn][c]1ccccc1. The van der Waals surface area contributed by atoms with Gasteiger partial charge >= 0.3 is 66.2 Å². The van der Waals surface area contributed by atoms with Crippen molar-refractivity contribution in [2.75, 3.05) is 0 Å². The number of hydrogen-bond donors (Lipinski definition) is 6. The summed E-state index contributed by atoms with van der Waals surface area (Å²) in [7, 11) is 0. The summed E-state index contributed by atoms with van der Waals surface area (Å²) < 4.78 is 1.45. The molecule has 0 fully saturated rings. The summed E-state index contributed by atoms with van der Waals surface area (Å²) >= 11 is 8.47. The molecule has 0 radical (unpaired) electrons. The van der Waals surface area contributed by atoms with E-state index >= 15 is 0 Å². The summed E-state index contributed by atoms with van der Waals surface area (Å²) in [6.45, 7) is -2.36. The van der Waals surface area contributed by atoms with Gasteiger partial charge in [0.25, 0.3) is 0 Å². The number of hydrogen-bond acceptors (Lipinski definition) is 2. The predicted octanol–water partition coefficient (Wildman–Crippen LogP) is 0.427. The zero-order valence-corrected chi connectivity index (χ0v) is 17.2. The first-order chi connectivity index (χ1) is 8.81. The zero-order chi connectivity index (χ0) is 16.8. The van der Waals surface area contributed by atoms with Crippen molar-refractivity contribution in [2.45, 2.75) is 6.92 Å². The van der Waals surface area contributed by atoms with Gasteiger partial charge in [0, 0.05) is 0 Å². The van der Waals surface area contributed by atoms with Crippen LogP contribution in [0.2, 0.25) is 0 Å². The molecule has 0 spiro atoms. The number of rotatable bonds is 0. The van der Waals surface area contributed by atoms with Crippen LogP contribution < -0.4 is 4.16 Å². The van der Waals surface area contributed by atoms with E-state index in [9.17, 15) is 0 Å². The van der Waals surface area contributed by atoms with Crippen molar-refractivity contribution in [1.82, 2.24) is 0 Å². The summed E-state index contributed by atoms with van der Waals surface area (Å²) in [6.07, 6.45) is 1.75. The van der Waals surface area contributed by atoms with Crippen LogP contribution in [0, 0.1) is 0 Å². The minimum absolute atomic E-state index is 1.26. The molecule has 113 valence electrons. The minimum atomic E-state index is -3.81. The fraction of sp³-hybridized carbons (Fsp3) is 0.111. The van der Waals surface area contributed by atoms with E-state index in [2.05, 4.69) is 54.5 Å². The van der Waals surface area contributed by atoms with Crippen molar-refractivity contribution < 1.29 is 47.7 Å². The average molecular weight is 413 g/mol. The van der Waals surface area contributed by atoms with Gasteiger partial charge in [0.05, 0.1) is 0 Å². The normalized spacial score (nSPS) is 9.65.